The van der Waals surface area contributed by atoms with Crippen molar-refractivity contribution in [3.05, 3.63) is 76.4 Å². The summed E-state index contributed by atoms with van der Waals surface area (Å²) in [4.78, 5) is 2.56. The Morgan fingerprint density at radius 2 is 1.45 bits per heavy atom. The van der Waals surface area contributed by atoms with Gasteiger partial charge in [0.15, 0.2) is 0 Å². The van der Waals surface area contributed by atoms with Gasteiger partial charge in [0.05, 0.1) is 6.04 Å². The lowest BCUT2D eigenvalue weighted by Crippen LogP contribution is -2.41. The standard InChI is InChI=1S/C30H41N/c1-10-20(3)30(28-16-19(2)15-24(7)25(28)8)31(9)29-18-27(14-12-22(29)5)26-13-11-21(4)23(6)17-26/h11-20,25,30H,10H2,1-9H3. The lowest BCUT2D eigenvalue weighted by atomic mass is 9.76. The van der Waals surface area contributed by atoms with Crippen molar-refractivity contribution in [3.8, 4) is 11.1 Å². The highest BCUT2D eigenvalue weighted by Crippen LogP contribution is 2.38. The number of rotatable bonds is 6. The third-order valence-electron chi connectivity index (χ3n) is 7.54. The fourth-order valence-corrected chi connectivity index (χ4v) is 5.07. The molecule has 0 spiro atoms. The van der Waals surface area contributed by atoms with E-state index < -0.39 is 0 Å². The number of likely N-dealkylation sites (N-methyl/N-ethyl adjacent to an activating group) is 1. The molecule has 0 amide bonds. The van der Waals surface area contributed by atoms with Crippen molar-refractivity contribution >= 4 is 5.69 Å². The van der Waals surface area contributed by atoms with Crippen molar-refractivity contribution in [1.82, 2.24) is 0 Å². The molecule has 2 aromatic carbocycles. The van der Waals surface area contributed by atoms with Crippen molar-refractivity contribution in [2.24, 2.45) is 17.8 Å². The first kappa shape index (κ1) is 23.4. The molecule has 0 radical (unpaired) electrons. The highest BCUT2D eigenvalue weighted by molar-refractivity contribution is 5.72. The second-order valence-electron chi connectivity index (χ2n) is 9.90. The van der Waals surface area contributed by atoms with Crippen LogP contribution in [0.4, 0.5) is 5.69 Å². The zero-order chi connectivity index (χ0) is 22.9. The maximum Gasteiger partial charge on any atom is 0.0530 e. The van der Waals surface area contributed by atoms with Gasteiger partial charge in [0.1, 0.15) is 0 Å². The molecule has 4 atom stereocenters. The van der Waals surface area contributed by atoms with E-state index in [1.54, 1.807) is 5.57 Å². The largest absolute Gasteiger partial charge is 0.367 e. The number of nitrogens with zero attached hydrogens (tertiary/aromatic N) is 1. The van der Waals surface area contributed by atoms with E-state index >= 15 is 0 Å². The number of benzene rings is 2. The van der Waals surface area contributed by atoms with Crippen LogP contribution in [0.3, 0.4) is 0 Å². The first-order valence-corrected chi connectivity index (χ1v) is 11.9. The summed E-state index contributed by atoms with van der Waals surface area (Å²) < 4.78 is 0. The van der Waals surface area contributed by atoms with Crippen LogP contribution in [0.25, 0.3) is 11.1 Å². The predicted octanol–water partition coefficient (Wildman–Crippen LogP) is 8.29. The van der Waals surface area contributed by atoms with E-state index in [9.17, 15) is 0 Å². The highest BCUT2D eigenvalue weighted by Gasteiger charge is 2.31. The summed E-state index contributed by atoms with van der Waals surface area (Å²) in [6.07, 6.45) is 6.12. The number of allylic oxidation sites excluding steroid dienone is 3. The van der Waals surface area contributed by atoms with Gasteiger partial charge in [-0.2, -0.15) is 0 Å². The normalized spacial score (nSPS) is 20.7. The molecular formula is C30H41N. The Hall–Kier alpha value is -2.28. The van der Waals surface area contributed by atoms with Crippen LogP contribution >= 0.6 is 0 Å². The smallest absolute Gasteiger partial charge is 0.0530 e. The zero-order valence-corrected chi connectivity index (χ0v) is 21.1. The molecule has 0 N–H and O–H groups in total. The Morgan fingerprint density at radius 1 is 0.839 bits per heavy atom. The van der Waals surface area contributed by atoms with Crippen molar-refractivity contribution in [1.29, 1.82) is 0 Å². The van der Waals surface area contributed by atoms with Crippen LogP contribution < -0.4 is 4.90 Å². The summed E-state index contributed by atoms with van der Waals surface area (Å²) >= 11 is 0. The van der Waals surface area contributed by atoms with Gasteiger partial charge in [0, 0.05) is 12.7 Å². The van der Waals surface area contributed by atoms with Gasteiger partial charge in [-0.1, -0.05) is 82.2 Å². The quantitative estimate of drug-likeness (QED) is 0.429. The SMILES string of the molecule is CCC(C)C(C1=CC(C)C=C(C)C1C)N(C)c1cc(-c2ccc(C)c(C)c2)ccc1C. The van der Waals surface area contributed by atoms with Crippen molar-refractivity contribution in [2.45, 2.75) is 67.9 Å². The first-order valence-electron chi connectivity index (χ1n) is 11.9. The molecule has 0 saturated heterocycles. The molecule has 1 nitrogen and oxygen atoms in total. The van der Waals surface area contributed by atoms with E-state index in [-0.39, 0.29) is 0 Å². The third kappa shape index (κ3) is 4.81. The molecule has 0 aromatic heterocycles. The lowest BCUT2D eigenvalue weighted by molar-refractivity contribution is 0.441. The third-order valence-corrected chi connectivity index (χ3v) is 7.54. The summed E-state index contributed by atoms with van der Waals surface area (Å²) in [6, 6.07) is 14.2. The number of aryl methyl sites for hydroxylation is 3. The predicted molar refractivity (Wildman–Crippen MR) is 138 cm³/mol. The lowest BCUT2D eigenvalue weighted by Gasteiger charge is -2.41. The fourth-order valence-electron chi connectivity index (χ4n) is 5.07. The Balaban J connectivity index is 2.05. The Bertz CT molecular complexity index is 993. The van der Waals surface area contributed by atoms with Crippen LogP contribution in [0.15, 0.2) is 59.7 Å². The van der Waals surface area contributed by atoms with Gasteiger partial charge in [-0.05, 0) is 84.9 Å². The minimum Gasteiger partial charge on any atom is -0.367 e. The average Bonchev–Trinajstić information content (AvgIpc) is 2.73. The molecule has 31 heavy (non-hydrogen) atoms. The molecule has 0 bridgehead atoms. The molecule has 4 unspecified atom stereocenters. The van der Waals surface area contributed by atoms with Gasteiger partial charge in [0.2, 0.25) is 0 Å². The molecule has 3 rings (SSSR count). The van der Waals surface area contributed by atoms with E-state index in [1.807, 2.05) is 0 Å². The molecule has 1 aliphatic rings. The van der Waals surface area contributed by atoms with Crippen LogP contribution in [-0.2, 0) is 0 Å². The fraction of sp³-hybridized carbons (Fsp3) is 0.467. The van der Waals surface area contributed by atoms with Crippen LogP contribution in [-0.4, -0.2) is 13.1 Å². The van der Waals surface area contributed by atoms with E-state index in [2.05, 4.69) is 116 Å². The van der Waals surface area contributed by atoms with E-state index in [1.165, 1.54) is 45.5 Å². The van der Waals surface area contributed by atoms with E-state index in [0.717, 1.165) is 0 Å². The molecule has 0 saturated carbocycles. The minimum atomic E-state index is 0.403. The Morgan fingerprint density at radius 3 is 2.06 bits per heavy atom. The van der Waals surface area contributed by atoms with Crippen molar-refractivity contribution in [2.75, 3.05) is 11.9 Å². The summed E-state index contributed by atoms with van der Waals surface area (Å²) in [5.74, 6) is 1.59. The monoisotopic (exact) mass is 415 g/mol. The molecular weight excluding hydrogens is 374 g/mol. The summed E-state index contributed by atoms with van der Waals surface area (Å²) in [5.41, 5.74) is 11.1. The Kier molecular flexibility index (Phi) is 7.14. The molecule has 1 aliphatic carbocycles. The number of hydrogen-bond acceptors (Lipinski definition) is 1. The molecule has 0 fully saturated rings. The van der Waals surface area contributed by atoms with Crippen LogP contribution in [0.1, 0.15) is 57.7 Å². The Labute approximate surface area is 190 Å². The van der Waals surface area contributed by atoms with E-state index in [4.69, 9.17) is 0 Å². The van der Waals surface area contributed by atoms with Crippen molar-refractivity contribution < 1.29 is 0 Å². The van der Waals surface area contributed by atoms with Crippen molar-refractivity contribution in [3.63, 3.8) is 0 Å². The van der Waals surface area contributed by atoms with Gasteiger partial charge in [-0.3, -0.25) is 0 Å². The molecule has 2 aromatic rings. The summed E-state index contributed by atoms with van der Waals surface area (Å²) in [6.45, 7) is 18.4. The molecule has 0 heterocycles. The molecule has 0 aliphatic heterocycles. The first-order chi connectivity index (χ1) is 14.6. The van der Waals surface area contributed by atoms with Crippen LogP contribution in [0.5, 0.6) is 0 Å². The zero-order valence-electron chi connectivity index (χ0n) is 21.1. The second-order valence-corrected chi connectivity index (χ2v) is 9.90. The van der Waals surface area contributed by atoms with Gasteiger partial charge in [-0.25, -0.2) is 0 Å². The van der Waals surface area contributed by atoms with Crippen LogP contribution in [0.2, 0.25) is 0 Å². The maximum absolute atomic E-state index is 2.56. The topological polar surface area (TPSA) is 3.24 Å². The van der Waals surface area contributed by atoms with Gasteiger partial charge in [0.25, 0.3) is 0 Å². The molecule has 166 valence electrons. The average molecular weight is 416 g/mol. The van der Waals surface area contributed by atoms with E-state index in [0.29, 0.717) is 23.8 Å². The van der Waals surface area contributed by atoms with Gasteiger partial charge >= 0.3 is 0 Å². The highest BCUT2D eigenvalue weighted by atomic mass is 15.1. The second kappa shape index (κ2) is 9.47. The molecule has 1 heteroatoms. The van der Waals surface area contributed by atoms with Gasteiger partial charge in [-0.15, -0.1) is 0 Å². The number of hydrogen-bond donors (Lipinski definition) is 0. The summed E-state index contributed by atoms with van der Waals surface area (Å²) in [7, 11) is 2.30. The number of anilines is 1. The maximum atomic E-state index is 2.56. The minimum absolute atomic E-state index is 0.403. The van der Waals surface area contributed by atoms with Gasteiger partial charge < -0.3 is 4.90 Å². The van der Waals surface area contributed by atoms with Crippen LogP contribution in [0, 0.1) is 38.5 Å². The summed E-state index contributed by atoms with van der Waals surface area (Å²) in [5, 5.41) is 0.